The average Bonchev–Trinajstić information content (AvgIpc) is 2.47. The standard InChI is InChI=1S/C17H18N4/c1-11-6-4-8-14(19-11)16-17(21-13(3)10-18-16)15-9-5-7-12(2)20-15/h4-9,13H,10H2,1-3H3. The molecule has 0 radical (unpaired) electrons. The van der Waals surface area contributed by atoms with Gasteiger partial charge in [-0.05, 0) is 45.0 Å². The van der Waals surface area contributed by atoms with E-state index in [2.05, 4.69) is 16.9 Å². The van der Waals surface area contributed by atoms with E-state index in [9.17, 15) is 0 Å². The number of aromatic nitrogens is 2. The van der Waals surface area contributed by atoms with E-state index in [1.54, 1.807) is 0 Å². The summed E-state index contributed by atoms with van der Waals surface area (Å²) in [5, 5.41) is 0. The second-order valence-electron chi connectivity index (χ2n) is 5.34. The molecule has 106 valence electrons. The van der Waals surface area contributed by atoms with Crippen LogP contribution >= 0.6 is 0 Å². The summed E-state index contributed by atoms with van der Waals surface area (Å²) >= 11 is 0. The van der Waals surface area contributed by atoms with Gasteiger partial charge >= 0.3 is 0 Å². The first-order valence-electron chi connectivity index (χ1n) is 7.14. The number of rotatable bonds is 2. The maximum Gasteiger partial charge on any atom is 0.111 e. The molecule has 4 heteroatoms. The molecule has 21 heavy (non-hydrogen) atoms. The molecule has 0 spiro atoms. The first kappa shape index (κ1) is 13.6. The minimum absolute atomic E-state index is 0.177. The lowest BCUT2D eigenvalue weighted by Crippen LogP contribution is -2.27. The zero-order valence-corrected chi connectivity index (χ0v) is 12.5. The van der Waals surface area contributed by atoms with Crippen LogP contribution < -0.4 is 0 Å². The van der Waals surface area contributed by atoms with E-state index in [1.165, 1.54) is 0 Å². The van der Waals surface area contributed by atoms with Crippen LogP contribution in [-0.4, -0.2) is 34.0 Å². The van der Waals surface area contributed by atoms with Crippen LogP contribution in [0.5, 0.6) is 0 Å². The van der Waals surface area contributed by atoms with E-state index in [1.807, 2.05) is 50.2 Å². The summed E-state index contributed by atoms with van der Waals surface area (Å²) < 4.78 is 0. The molecular weight excluding hydrogens is 260 g/mol. The highest BCUT2D eigenvalue weighted by molar-refractivity contribution is 6.53. The zero-order valence-electron chi connectivity index (χ0n) is 12.5. The highest BCUT2D eigenvalue weighted by Gasteiger charge is 2.21. The van der Waals surface area contributed by atoms with Gasteiger partial charge in [-0.15, -0.1) is 0 Å². The highest BCUT2D eigenvalue weighted by Crippen LogP contribution is 2.14. The Labute approximate surface area is 124 Å². The number of pyridine rings is 2. The monoisotopic (exact) mass is 278 g/mol. The van der Waals surface area contributed by atoms with E-state index in [-0.39, 0.29) is 6.04 Å². The minimum atomic E-state index is 0.177. The molecule has 4 nitrogen and oxygen atoms in total. The van der Waals surface area contributed by atoms with Crippen LogP contribution in [-0.2, 0) is 0 Å². The molecule has 0 fully saturated rings. The SMILES string of the molecule is Cc1cccc(C2=NCC(C)N=C2c2cccc(C)n2)n1. The highest BCUT2D eigenvalue weighted by atomic mass is 15.0. The van der Waals surface area contributed by atoms with Crippen molar-refractivity contribution in [2.45, 2.75) is 26.8 Å². The molecule has 0 N–H and O–H groups in total. The lowest BCUT2D eigenvalue weighted by Gasteiger charge is -2.18. The van der Waals surface area contributed by atoms with Crippen molar-refractivity contribution in [2.75, 3.05) is 6.54 Å². The van der Waals surface area contributed by atoms with Crippen LogP contribution in [0.1, 0.15) is 29.7 Å². The number of nitrogens with zero attached hydrogens (tertiary/aromatic N) is 4. The van der Waals surface area contributed by atoms with Crippen molar-refractivity contribution in [3.8, 4) is 0 Å². The largest absolute Gasteiger partial charge is 0.279 e. The average molecular weight is 278 g/mol. The molecule has 1 aliphatic heterocycles. The predicted octanol–water partition coefficient (Wildman–Crippen LogP) is 2.77. The molecule has 0 amide bonds. The van der Waals surface area contributed by atoms with Gasteiger partial charge in [0.05, 0.1) is 24.0 Å². The number of hydrogen-bond donors (Lipinski definition) is 0. The van der Waals surface area contributed by atoms with Crippen molar-refractivity contribution >= 4 is 11.4 Å². The molecule has 0 saturated carbocycles. The molecule has 1 atom stereocenters. The molecule has 0 aliphatic carbocycles. The molecule has 2 aromatic rings. The van der Waals surface area contributed by atoms with E-state index in [0.29, 0.717) is 6.54 Å². The van der Waals surface area contributed by atoms with Crippen molar-refractivity contribution in [3.05, 3.63) is 59.2 Å². The van der Waals surface area contributed by atoms with Crippen LogP contribution in [0.15, 0.2) is 46.4 Å². The van der Waals surface area contributed by atoms with Crippen molar-refractivity contribution in [1.82, 2.24) is 9.97 Å². The van der Waals surface area contributed by atoms with Crippen molar-refractivity contribution in [3.63, 3.8) is 0 Å². The maximum atomic E-state index is 4.76. The van der Waals surface area contributed by atoms with Crippen molar-refractivity contribution in [2.24, 2.45) is 9.98 Å². The quantitative estimate of drug-likeness (QED) is 0.848. The molecule has 0 saturated heterocycles. The Morgan fingerprint density at radius 3 is 2.00 bits per heavy atom. The molecule has 0 bridgehead atoms. The van der Waals surface area contributed by atoms with Gasteiger partial charge in [0, 0.05) is 11.4 Å². The number of hydrogen-bond acceptors (Lipinski definition) is 4. The normalized spacial score (nSPS) is 18.1. The van der Waals surface area contributed by atoms with Gasteiger partial charge in [-0.1, -0.05) is 12.1 Å². The summed E-state index contributed by atoms with van der Waals surface area (Å²) in [4.78, 5) is 18.6. The van der Waals surface area contributed by atoms with Crippen LogP contribution in [0, 0.1) is 13.8 Å². The second kappa shape index (κ2) is 5.56. The summed E-state index contributed by atoms with van der Waals surface area (Å²) in [6.45, 7) is 6.73. The summed E-state index contributed by atoms with van der Waals surface area (Å²) in [6.07, 6.45) is 0. The minimum Gasteiger partial charge on any atom is -0.279 e. The Hall–Kier alpha value is -2.36. The Bertz CT molecular complexity index is 731. The summed E-state index contributed by atoms with van der Waals surface area (Å²) in [6, 6.07) is 12.1. The third kappa shape index (κ3) is 2.89. The van der Waals surface area contributed by atoms with E-state index in [0.717, 1.165) is 34.2 Å². The third-order valence-electron chi connectivity index (χ3n) is 3.35. The molecule has 3 rings (SSSR count). The van der Waals surface area contributed by atoms with Crippen LogP contribution in [0.2, 0.25) is 0 Å². The zero-order chi connectivity index (χ0) is 14.8. The van der Waals surface area contributed by atoms with Gasteiger partial charge in [-0.2, -0.15) is 0 Å². The predicted molar refractivity (Wildman–Crippen MR) is 85.4 cm³/mol. The fourth-order valence-corrected chi connectivity index (χ4v) is 2.36. The van der Waals surface area contributed by atoms with Gasteiger partial charge in [0.25, 0.3) is 0 Å². The summed E-state index contributed by atoms with van der Waals surface area (Å²) in [5.74, 6) is 0. The smallest absolute Gasteiger partial charge is 0.111 e. The lowest BCUT2D eigenvalue weighted by molar-refractivity contribution is 0.748. The van der Waals surface area contributed by atoms with Crippen LogP contribution in [0.25, 0.3) is 0 Å². The molecule has 1 aliphatic rings. The molecular formula is C17H18N4. The first-order chi connectivity index (χ1) is 10.1. The fraction of sp³-hybridized carbons (Fsp3) is 0.294. The summed E-state index contributed by atoms with van der Waals surface area (Å²) in [7, 11) is 0. The molecule has 1 unspecified atom stereocenters. The van der Waals surface area contributed by atoms with Gasteiger partial charge in [0.15, 0.2) is 0 Å². The molecule has 2 aromatic heterocycles. The van der Waals surface area contributed by atoms with Gasteiger partial charge in [0.1, 0.15) is 11.4 Å². The molecule has 3 heterocycles. The van der Waals surface area contributed by atoms with E-state index in [4.69, 9.17) is 9.98 Å². The lowest BCUT2D eigenvalue weighted by atomic mass is 10.0. The van der Waals surface area contributed by atoms with Gasteiger partial charge in [0.2, 0.25) is 0 Å². The van der Waals surface area contributed by atoms with Crippen molar-refractivity contribution < 1.29 is 0 Å². The number of aliphatic imine (C=N–C) groups is 2. The Morgan fingerprint density at radius 1 is 0.857 bits per heavy atom. The van der Waals surface area contributed by atoms with Crippen LogP contribution in [0.3, 0.4) is 0 Å². The van der Waals surface area contributed by atoms with Gasteiger partial charge in [-0.3, -0.25) is 20.0 Å². The number of aryl methyl sites for hydroxylation is 2. The second-order valence-corrected chi connectivity index (χ2v) is 5.34. The van der Waals surface area contributed by atoms with Crippen molar-refractivity contribution in [1.29, 1.82) is 0 Å². The van der Waals surface area contributed by atoms with E-state index >= 15 is 0 Å². The summed E-state index contributed by atoms with van der Waals surface area (Å²) in [5.41, 5.74) is 5.37. The third-order valence-corrected chi connectivity index (χ3v) is 3.35. The Kier molecular flexibility index (Phi) is 3.60. The van der Waals surface area contributed by atoms with Crippen LogP contribution in [0.4, 0.5) is 0 Å². The topological polar surface area (TPSA) is 50.5 Å². The van der Waals surface area contributed by atoms with Gasteiger partial charge in [-0.25, -0.2) is 0 Å². The first-order valence-corrected chi connectivity index (χ1v) is 7.14. The Balaban J connectivity index is 2.09. The van der Waals surface area contributed by atoms with E-state index < -0.39 is 0 Å². The Morgan fingerprint density at radius 2 is 1.43 bits per heavy atom. The fourth-order valence-electron chi connectivity index (χ4n) is 2.36. The molecule has 0 aromatic carbocycles. The maximum absolute atomic E-state index is 4.76. The van der Waals surface area contributed by atoms with Gasteiger partial charge < -0.3 is 0 Å².